The van der Waals surface area contributed by atoms with Gasteiger partial charge in [-0.2, -0.15) is 0 Å². The van der Waals surface area contributed by atoms with Crippen LogP contribution in [0.4, 0.5) is 11.5 Å². The van der Waals surface area contributed by atoms with Crippen LogP contribution in [0.15, 0.2) is 54.9 Å². The summed E-state index contributed by atoms with van der Waals surface area (Å²) in [6, 6.07) is 14.1. The number of nitrogens with one attached hydrogen (secondary N) is 3. The quantitative estimate of drug-likeness (QED) is 0.505. The van der Waals surface area contributed by atoms with Gasteiger partial charge in [0.15, 0.2) is 5.82 Å². The molecule has 0 aliphatic heterocycles. The van der Waals surface area contributed by atoms with Crippen molar-refractivity contribution < 1.29 is 0 Å². The smallest absolute Gasteiger partial charge is 0.150 e. The first kappa shape index (κ1) is 17.0. The maximum absolute atomic E-state index is 7.60. The van der Waals surface area contributed by atoms with Crippen LogP contribution >= 0.6 is 0 Å². The highest BCUT2D eigenvalue weighted by atomic mass is 15.1. The molecule has 0 atom stereocenters. The highest BCUT2D eigenvalue weighted by Gasteiger charge is 2.45. The Balaban J connectivity index is 1.68. The minimum Gasteiger partial charge on any atom is -0.396 e. The third-order valence-electron chi connectivity index (χ3n) is 4.94. The van der Waals surface area contributed by atoms with E-state index in [1.165, 1.54) is 11.8 Å². The number of fused-ring (bicyclic) bond motifs is 1. The van der Waals surface area contributed by atoms with E-state index in [0.29, 0.717) is 22.8 Å². The Morgan fingerprint density at radius 1 is 1.22 bits per heavy atom. The molecule has 0 spiro atoms. The fourth-order valence-electron chi connectivity index (χ4n) is 3.29. The molecular weight excluding hydrogens is 336 g/mol. The molecule has 0 unspecified atom stereocenters. The summed E-state index contributed by atoms with van der Waals surface area (Å²) in [4.78, 5) is 9.06. The van der Waals surface area contributed by atoms with Crippen molar-refractivity contribution in [3.63, 3.8) is 0 Å². The third kappa shape index (κ3) is 3.21. The summed E-state index contributed by atoms with van der Waals surface area (Å²) < 4.78 is 0. The number of pyridine rings is 2. The molecule has 4 rings (SSSR count). The van der Waals surface area contributed by atoms with Gasteiger partial charge >= 0.3 is 0 Å². The number of rotatable bonds is 6. The molecule has 2 heterocycles. The van der Waals surface area contributed by atoms with Crippen LogP contribution in [0.5, 0.6) is 0 Å². The zero-order valence-corrected chi connectivity index (χ0v) is 15.2. The van der Waals surface area contributed by atoms with Crippen LogP contribution in [-0.4, -0.2) is 23.2 Å². The van der Waals surface area contributed by atoms with Crippen molar-refractivity contribution in [2.24, 2.45) is 0 Å². The zero-order chi connectivity index (χ0) is 18.9. The van der Waals surface area contributed by atoms with Crippen LogP contribution in [-0.2, 0) is 5.54 Å². The van der Waals surface area contributed by atoms with E-state index < -0.39 is 0 Å². The van der Waals surface area contributed by atoms with Gasteiger partial charge in [0.25, 0.3) is 0 Å². The van der Waals surface area contributed by atoms with Gasteiger partial charge in [-0.15, -0.1) is 0 Å². The number of allylic oxidation sites excluding steroid dienone is 1. The lowest BCUT2D eigenvalue weighted by atomic mass is 10.0. The summed E-state index contributed by atoms with van der Waals surface area (Å²) in [7, 11) is 1.80. The second-order valence-electron chi connectivity index (χ2n) is 6.79. The van der Waals surface area contributed by atoms with Gasteiger partial charge < -0.3 is 21.8 Å². The lowest BCUT2D eigenvalue weighted by Gasteiger charge is -2.21. The molecule has 27 heavy (non-hydrogen) atoms. The summed E-state index contributed by atoms with van der Waals surface area (Å²) in [6.45, 7) is 0. The number of anilines is 2. The van der Waals surface area contributed by atoms with Crippen molar-refractivity contribution >= 4 is 34.2 Å². The fourth-order valence-corrected chi connectivity index (χ4v) is 3.29. The summed E-state index contributed by atoms with van der Waals surface area (Å²) >= 11 is 0. The number of nitrogens with two attached hydrogens (primary N) is 1. The van der Waals surface area contributed by atoms with E-state index in [1.54, 1.807) is 13.2 Å². The minimum absolute atomic E-state index is 0.151. The Bertz CT molecular complexity index is 1040. The molecule has 0 saturated heterocycles. The molecule has 136 valence electrons. The molecule has 1 aliphatic rings. The van der Waals surface area contributed by atoms with Crippen LogP contribution in [0, 0.1) is 5.41 Å². The Kier molecular flexibility index (Phi) is 4.24. The molecule has 5 N–H and O–H groups in total. The van der Waals surface area contributed by atoms with Crippen LogP contribution in [0.1, 0.15) is 24.1 Å². The first-order chi connectivity index (χ1) is 13.1. The Morgan fingerprint density at radius 2 is 2.07 bits per heavy atom. The summed E-state index contributed by atoms with van der Waals surface area (Å²) in [5.74, 6) is 0.653. The van der Waals surface area contributed by atoms with Crippen molar-refractivity contribution in [2.75, 3.05) is 18.1 Å². The van der Waals surface area contributed by atoms with Crippen LogP contribution in [0.2, 0.25) is 0 Å². The average molecular weight is 358 g/mol. The highest BCUT2D eigenvalue weighted by Crippen LogP contribution is 2.49. The standard InChI is InChI=1S/C21H22N6/c1-24-13-15(12-22)19-7-5-17(23)20(26-19)27-21(8-9-21)16-4-6-18-14(11-16)3-2-10-25-18/h2-7,10-13,22,24H,8-9,23H2,1H3,(H,26,27)/b15-13+,22-12?. The summed E-state index contributed by atoms with van der Waals surface area (Å²) in [5.41, 5.74) is 10.2. The number of hydrogen-bond acceptors (Lipinski definition) is 6. The second-order valence-corrected chi connectivity index (χ2v) is 6.79. The molecule has 0 bridgehead atoms. The summed E-state index contributed by atoms with van der Waals surface area (Å²) in [5, 5.41) is 15.2. The predicted molar refractivity (Wildman–Crippen MR) is 111 cm³/mol. The van der Waals surface area contributed by atoms with E-state index >= 15 is 0 Å². The maximum Gasteiger partial charge on any atom is 0.150 e. The van der Waals surface area contributed by atoms with Crippen molar-refractivity contribution in [1.82, 2.24) is 15.3 Å². The Morgan fingerprint density at radius 3 is 2.81 bits per heavy atom. The SMILES string of the molecule is CN/C=C(\C=N)c1ccc(N)c(NC2(c3ccc4ncccc4c3)CC2)n1. The second kappa shape index (κ2) is 6.72. The van der Waals surface area contributed by atoms with Gasteiger partial charge in [0.1, 0.15) is 0 Å². The van der Waals surface area contributed by atoms with Crippen LogP contribution in [0.25, 0.3) is 16.5 Å². The first-order valence-corrected chi connectivity index (χ1v) is 8.93. The Labute approximate surface area is 158 Å². The van der Waals surface area contributed by atoms with E-state index in [-0.39, 0.29) is 5.54 Å². The van der Waals surface area contributed by atoms with Gasteiger partial charge in [-0.05, 0) is 48.7 Å². The minimum atomic E-state index is -0.151. The molecular formula is C21H22N6. The monoisotopic (exact) mass is 358 g/mol. The topological polar surface area (TPSA) is 99.7 Å². The van der Waals surface area contributed by atoms with E-state index in [2.05, 4.69) is 44.9 Å². The number of benzene rings is 1. The van der Waals surface area contributed by atoms with Gasteiger partial charge in [0, 0.05) is 36.6 Å². The van der Waals surface area contributed by atoms with Crippen LogP contribution in [0.3, 0.4) is 0 Å². The molecule has 6 nitrogen and oxygen atoms in total. The molecule has 3 aromatic rings. The molecule has 1 aliphatic carbocycles. The van der Waals surface area contributed by atoms with E-state index in [9.17, 15) is 0 Å². The van der Waals surface area contributed by atoms with Gasteiger partial charge in [-0.3, -0.25) is 4.98 Å². The zero-order valence-electron chi connectivity index (χ0n) is 15.2. The third-order valence-corrected chi connectivity index (χ3v) is 4.94. The first-order valence-electron chi connectivity index (χ1n) is 8.93. The van der Waals surface area contributed by atoms with Gasteiger partial charge in [-0.25, -0.2) is 4.98 Å². The molecule has 1 saturated carbocycles. The van der Waals surface area contributed by atoms with Crippen LogP contribution < -0.4 is 16.4 Å². The number of nitrogen functional groups attached to an aromatic ring is 1. The molecule has 2 aromatic heterocycles. The molecule has 0 amide bonds. The number of hydrogen-bond donors (Lipinski definition) is 4. The average Bonchev–Trinajstić information content (AvgIpc) is 3.48. The molecule has 6 heteroatoms. The predicted octanol–water partition coefficient (Wildman–Crippen LogP) is 3.52. The molecule has 0 radical (unpaired) electrons. The van der Waals surface area contributed by atoms with Crippen molar-refractivity contribution in [2.45, 2.75) is 18.4 Å². The lowest BCUT2D eigenvalue weighted by molar-refractivity contribution is 0.802. The maximum atomic E-state index is 7.60. The van der Waals surface area contributed by atoms with Crippen molar-refractivity contribution in [3.8, 4) is 0 Å². The normalized spacial score (nSPS) is 15.4. The van der Waals surface area contributed by atoms with E-state index in [4.69, 9.17) is 11.1 Å². The molecule has 1 aromatic carbocycles. The summed E-state index contributed by atoms with van der Waals surface area (Å²) in [6.07, 6.45) is 6.88. The fraction of sp³-hybridized carbons (Fsp3) is 0.190. The lowest BCUT2D eigenvalue weighted by Crippen LogP contribution is -2.21. The van der Waals surface area contributed by atoms with Gasteiger partial charge in [0.2, 0.25) is 0 Å². The largest absolute Gasteiger partial charge is 0.396 e. The molecule has 1 fully saturated rings. The van der Waals surface area contributed by atoms with Crippen molar-refractivity contribution in [3.05, 3.63) is 66.1 Å². The number of aromatic nitrogens is 2. The van der Waals surface area contributed by atoms with Gasteiger partial charge in [-0.1, -0.05) is 12.1 Å². The Hall–Kier alpha value is -3.41. The van der Waals surface area contributed by atoms with Crippen molar-refractivity contribution in [1.29, 1.82) is 5.41 Å². The number of nitrogens with zero attached hydrogens (tertiary/aromatic N) is 2. The highest BCUT2D eigenvalue weighted by molar-refractivity contribution is 6.07. The van der Waals surface area contributed by atoms with Gasteiger partial charge in [0.05, 0.1) is 22.4 Å². The van der Waals surface area contributed by atoms with E-state index in [1.807, 2.05) is 24.4 Å². The van der Waals surface area contributed by atoms with E-state index in [0.717, 1.165) is 23.7 Å².